The Morgan fingerprint density at radius 1 is 1.05 bits per heavy atom. The number of hydrogen-bond donors (Lipinski definition) is 2. The highest BCUT2D eigenvalue weighted by atomic mass is 19.4. The van der Waals surface area contributed by atoms with E-state index >= 15 is 0 Å². The molecule has 0 unspecified atom stereocenters. The summed E-state index contributed by atoms with van der Waals surface area (Å²) >= 11 is 0. The third kappa shape index (κ3) is 4.99. The Morgan fingerprint density at radius 2 is 1.74 bits per heavy atom. The first-order valence-electron chi connectivity index (χ1n) is 13.6. The predicted molar refractivity (Wildman–Crippen MR) is 149 cm³/mol. The molecule has 0 atom stereocenters. The molecule has 0 bridgehead atoms. The van der Waals surface area contributed by atoms with Gasteiger partial charge >= 0.3 is 6.18 Å². The molecule has 0 radical (unpaired) electrons. The summed E-state index contributed by atoms with van der Waals surface area (Å²) in [5, 5.41) is 6.04. The molecule has 4 aromatic rings. The molecule has 42 heavy (non-hydrogen) atoms. The first-order chi connectivity index (χ1) is 19.9. The molecule has 2 fully saturated rings. The topological polar surface area (TPSA) is 80.6 Å². The van der Waals surface area contributed by atoms with Crippen LogP contribution in [0, 0.1) is 18.7 Å². The Balaban J connectivity index is 1.55. The number of nitrogens with one attached hydrogen (secondary N) is 2. The SMILES string of the molecule is CNC(=O)c1c(-c2ccc(F)cc2)oc2cc(CCC(F)(F)F)c(-c3cc(C(=O)NC45CC4C5)c(OC)cc3C)cc12. The van der Waals surface area contributed by atoms with Gasteiger partial charge in [-0.1, -0.05) is 0 Å². The molecule has 2 amide bonds. The Bertz CT molecular complexity index is 1730. The maximum absolute atomic E-state index is 13.6. The quantitative estimate of drug-likeness (QED) is 0.221. The zero-order valence-corrected chi connectivity index (χ0v) is 23.2. The van der Waals surface area contributed by atoms with Gasteiger partial charge in [-0.05, 0) is 103 Å². The molecule has 2 saturated carbocycles. The van der Waals surface area contributed by atoms with Gasteiger partial charge in [-0.15, -0.1) is 0 Å². The molecule has 1 heterocycles. The van der Waals surface area contributed by atoms with Crippen LogP contribution in [0.2, 0.25) is 0 Å². The highest BCUT2D eigenvalue weighted by Crippen LogP contribution is 2.66. The minimum atomic E-state index is -4.41. The molecule has 218 valence electrons. The summed E-state index contributed by atoms with van der Waals surface area (Å²) in [6.45, 7) is 1.78. The van der Waals surface area contributed by atoms with Gasteiger partial charge in [0.05, 0.1) is 18.2 Å². The van der Waals surface area contributed by atoms with Crippen molar-refractivity contribution in [1.29, 1.82) is 0 Å². The van der Waals surface area contributed by atoms with Crippen LogP contribution in [0.5, 0.6) is 5.75 Å². The fourth-order valence-corrected chi connectivity index (χ4v) is 5.59. The van der Waals surface area contributed by atoms with E-state index in [0.29, 0.717) is 44.9 Å². The van der Waals surface area contributed by atoms with E-state index in [9.17, 15) is 27.2 Å². The van der Waals surface area contributed by atoms with Crippen LogP contribution in [0.3, 0.4) is 0 Å². The second-order valence-corrected chi connectivity index (χ2v) is 11.1. The highest BCUT2D eigenvalue weighted by Gasteiger charge is 2.70. The maximum atomic E-state index is 13.6. The number of carbonyl (C=O) groups is 2. The van der Waals surface area contributed by atoms with E-state index in [4.69, 9.17) is 9.15 Å². The lowest BCUT2D eigenvalue weighted by atomic mass is 9.90. The first kappa shape index (κ1) is 27.8. The van der Waals surface area contributed by atoms with E-state index in [1.54, 1.807) is 25.1 Å². The largest absolute Gasteiger partial charge is 0.496 e. The maximum Gasteiger partial charge on any atom is 0.389 e. The number of carbonyl (C=O) groups excluding carboxylic acids is 2. The lowest BCUT2D eigenvalue weighted by molar-refractivity contribution is -0.133. The van der Waals surface area contributed by atoms with Crippen LogP contribution in [-0.4, -0.2) is 37.7 Å². The van der Waals surface area contributed by atoms with Crippen molar-refractivity contribution in [3.8, 4) is 28.2 Å². The van der Waals surface area contributed by atoms with Crippen LogP contribution in [0.25, 0.3) is 33.4 Å². The fourth-order valence-electron chi connectivity index (χ4n) is 5.59. The summed E-state index contributed by atoms with van der Waals surface area (Å²) in [6, 6.07) is 11.9. The van der Waals surface area contributed by atoms with Crippen LogP contribution in [0.4, 0.5) is 17.6 Å². The number of hydrogen-bond acceptors (Lipinski definition) is 4. The van der Waals surface area contributed by atoms with Crippen molar-refractivity contribution < 1.29 is 36.3 Å². The van der Waals surface area contributed by atoms with E-state index in [-0.39, 0.29) is 40.3 Å². The van der Waals surface area contributed by atoms with Gasteiger partial charge in [-0.25, -0.2) is 4.39 Å². The number of ether oxygens (including phenoxy) is 1. The zero-order chi connectivity index (χ0) is 30.0. The third-order valence-electron chi connectivity index (χ3n) is 8.28. The van der Waals surface area contributed by atoms with Gasteiger partial charge in [0.2, 0.25) is 0 Å². The van der Waals surface area contributed by atoms with Crippen LogP contribution < -0.4 is 15.4 Å². The van der Waals surface area contributed by atoms with Gasteiger partial charge in [0.1, 0.15) is 22.9 Å². The number of methoxy groups -OCH3 is 1. The Morgan fingerprint density at radius 3 is 2.33 bits per heavy atom. The zero-order valence-electron chi connectivity index (χ0n) is 23.2. The van der Waals surface area contributed by atoms with Gasteiger partial charge in [0.15, 0.2) is 0 Å². The Hall–Kier alpha value is -4.34. The average molecular weight is 581 g/mol. The third-order valence-corrected chi connectivity index (χ3v) is 8.28. The summed E-state index contributed by atoms with van der Waals surface area (Å²) in [4.78, 5) is 26.4. The molecule has 2 aliphatic carbocycles. The van der Waals surface area contributed by atoms with E-state index in [0.717, 1.165) is 12.8 Å². The van der Waals surface area contributed by atoms with E-state index in [1.165, 1.54) is 44.5 Å². The number of aryl methyl sites for hydroxylation is 2. The number of amides is 2. The van der Waals surface area contributed by atoms with Crippen molar-refractivity contribution in [3.05, 3.63) is 76.6 Å². The molecule has 2 aliphatic rings. The molecule has 10 heteroatoms. The van der Waals surface area contributed by atoms with Crippen molar-refractivity contribution in [3.63, 3.8) is 0 Å². The first-order valence-corrected chi connectivity index (χ1v) is 13.6. The molecule has 0 aliphatic heterocycles. The van der Waals surface area contributed by atoms with E-state index < -0.39 is 24.3 Å². The number of halogens is 4. The summed E-state index contributed by atoms with van der Waals surface area (Å²) in [5.74, 6) is -0.226. The van der Waals surface area contributed by atoms with Gasteiger partial charge in [0, 0.05) is 30.0 Å². The van der Waals surface area contributed by atoms with Crippen LogP contribution >= 0.6 is 0 Å². The van der Waals surface area contributed by atoms with Crippen molar-refractivity contribution >= 4 is 22.8 Å². The Kier molecular flexibility index (Phi) is 6.55. The van der Waals surface area contributed by atoms with E-state index in [1.807, 2.05) is 0 Å². The van der Waals surface area contributed by atoms with Crippen molar-refractivity contribution in [1.82, 2.24) is 10.6 Å². The molecule has 1 aromatic heterocycles. The molecule has 0 saturated heterocycles. The second kappa shape index (κ2) is 9.89. The van der Waals surface area contributed by atoms with Crippen LogP contribution in [0.1, 0.15) is 51.1 Å². The van der Waals surface area contributed by atoms with Gasteiger partial charge in [0.25, 0.3) is 11.8 Å². The average Bonchev–Trinajstić information content (AvgIpc) is 3.77. The minimum Gasteiger partial charge on any atom is -0.496 e. The normalized spacial score (nSPS) is 18.9. The lowest BCUT2D eigenvalue weighted by Gasteiger charge is -2.18. The van der Waals surface area contributed by atoms with Crippen LogP contribution in [-0.2, 0) is 6.42 Å². The van der Waals surface area contributed by atoms with E-state index in [2.05, 4.69) is 10.6 Å². The number of rotatable bonds is 8. The minimum absolute atomic E-state index is 0.139. The van der Waals surface area contributed by atoms with Crippen LogP contribution in [0.15, 0.2) is 52.9 Å². The highest BCUT2D eigenvalue weighted by molar-refractivity contribution is 6.12. The summed E-state index contributed by atoms with van der Waals surface area (Å²) in [6.07, 6.45) is -3.96. The van der Waals surface area contributed by atoms with Crippen molar-refractivity contribution in [2.24, 2.45) is 5.92 Å². The molecule has 2 N–H and O–H groups in total. The number of furan rings is 1. The predicted octanol–water partition coefficient (Wildman–Crippen LogP) is 6.97. The monoisotopic (exact) mass is 580 g/mol. The molecular formula is C32H28F4N2O4. The van der Waals surface area contributed by atoms with Gasteiger partial charge in [-0.3, -0.25) is 9.59 Å². The van der Waals surface area contributed by atoms with Gasteiger partial charge < -0.3 is 19.8 Å². The lowest BCUT2D eigenvalue weighted by Crippen LogP contribution is -2.31. The number of benzene rings is 3. The fraction of sp³-hybridized carbons (Fsp3) is 0.312. The number of alkyl halides is 3. The standard InChI is InChI=1S/C32H28F4N2O4/c1-16-10-25(41-3)24(29(39)38-31-14-19(31)15-31)12-21(16)22-13-23-26(11-18(22)8-9-32(34,35)36)42-28(27(23)30(40)37-2)17-4-6-20(33)7-5-17/h4-7,10-13,19H,8-9,14-15H2,1-3H3,(H,37,40)(H,38,39). The number of fused-ring (bicyclic) bond motifs is 2. The molecular weight excluding hydrogens is 552 g/mol. The molecule has 3 aromatic carbocycles. The van der Waals surface area contributed by atoms with Crippen molar-refractivity contribution in [2.45, 2.75) is 44.3 Å². The van der Waals surface area contributed by atoms with Crippen molar-refractivity contribution in [2.75, 3.05) is 14.2 Å². The summed E-state index contributed by atoms with van der Waals surface area (Å²) in [7, 11) is 2.91. The smallest absolute Gasteiger partial charge is 0.389 e. The summed E-state index contributed by atoms with van der Waals surface area (Å²) in [5.41, 5.74) is 2.93. The summed E-state index contributed by atoms with van der Waals surface area (Å²) < 4.78 is 65.4. The molecule has 0 spiro atoms. The second-order valence-electron chi connectivity index (χ2n) is 11.1. The molecule has 6 nitrogen and oxygen atoms in total. The molecule has 6 rings (SSSR count). The van der Waals surface area contributed by atoms with Gasteiger partial charge in [-0.2, -0.15) is 13.2 Å². The Labute approximate surface area is 239 Å².